The maximum Gasteiger partial charge on any atom is 0.336 e. The number of benzene rings is 2. The van der Waals surface area contributed by atoms with E-state index >= 15 is 0 Å². The van der Waals surface area contributed by atoms with Gasteiger partial charge in [0, 0.05) is 48.9 Å². The second-order valence-electron chi connectivity index (χ2n) is 8.02. The lowest BCUT2D eigenvalue weighted by Crippen LogP contribution is -2.46. The number of aromatic nitrogens is 1. The minimum Gasteiger partial charge on any atom is -0.478 e. The van der Waals surface area contributed by atoms with Crippen molar-refractivity contribution in [1.82, 2.24) is 4.98 Å². The van der Waals surface area contributed by atoms with Crippen molar-refractivity contribution in [2.75, 3.05) is 41.3 Å². The summed E-state index contributed by atoms with van der Waals surface area (Å²) < 4.78 is 0. The van der Waals surface area contributed by atoms with Crippen molar-refractivity contribution < 1.29 is 14.7 Å². The fourth-order valence-electron chi connectivity index (χ4n) is 3.75. The van der Waals surface area contributed by atoms with Crippen LogP contribution in [-0.2, 0) is 4.79 Å². The minimum absolute atomic E-state index is 0.114. The molecule has 0 spiro atoms. The molecule has 1 saturated heterocycles. The molecular weight excluding hydrogens is 392 g/mol. The smallest absolute Gasteiger partial charge is 0.336 e. The van der Waals surface area contributed by atoms with Crippen LogP contribution in [0.15, 0.2) is 54.6 Å². The number of hydrogen-bond acceptors (Lipinski definition) is 5. The summed E-state index contributed by atoms with van der Waals surface area (Å²) in [4.78, 5) is 33.2. The molecule has 2 N–H and O–H groups in total. The number of aromatic carboxylic acids is 1. The van der Waals surface area contributed by atoms with Crippen LogP contribution in [0.3, 0.4) is 0 Å². The van der Waals surface area contributed by atoms with Crippen LogP contribution in [0.1, 0.15) is 24.2 Å². The Morgan fingerprint density at radius 1 is 0.968 bits per heavy atom. The van der Waals surface area contributed by atoms with Gasteiger partial charge in [-0.2, -0.15) is 0 Å². The first-order chi connectivity index (χ1) is 14.9. The zero-order chi connectivity index (χ0) is 22.0. The number of carbonyl (C=O) groups is 2. The first-order valence-electron chi connectivity index (χ1n) is 10.5. The molecule has 0 aliphatic carbocycles. The number of carboxylic acid groups (broad SMARTS) is 1. The van der Waals surface area contributed by atoms with E-state index in [0.717, 1.165) is 26.2 Å². The van der Waals surface area contributed by atoms with Gasteiger partial charge in [0.25, 0.3) is 0 Å². The number of pyridine rings is 1. The largest absolute Gasteiger partial charge is 0.478 e. The van der Waals surface area contributed by atoms with Gasteiger partial charge in [0.05, 0.1) is 11.1 Å². The number of carboxylic acids is 1. The van der Waals surface area contributed by atoms with Gasteiger partial charge in [-0.1, -0.05) is 32.0 Å². The van der Waals surface area contributed by atoms with Crippen molar-refractivity contribution in [3.05, 3.63) is 60.2 Å². The molecule has 0 unspecified atom stereocenters. The fraction of sp³-hybridized carbons (Fsp3) is 0.292. The van der Waals surface area contributed by atoms with Gasteiger partial charge >= 0.3 is 5.97 Å². The summed E-state index contributed by atoms with van der Waals surface area (Å²) in [5.41, 5.74) is 2.55. The Hall–Kier alpha value is -3.61. The Kier molecular flexibility index (Phi) is 5.75. The highest BCUT2D eigenvalue weighted by molar-refractivity contribution is 6.05. The van der Waals surface area contributed by atoms with Gasteiger partial charge in [0.1, 0.15) is 5.82 Å². The second kappa shape index (κ2) is 8.63. The molecule has 1 aliphatic heterocycles. The third-order valence-electron chi connectivity index (χ3n) is 5.54. The Morgan fingerprint density at radius 3 is 2.29 bits per heavy atom. The van der Waals surface area contributed by atoms with Gasteiger partial charge < -0.3 is 20.2 Å². The molecule has 3 aromatic rings. The standard InChI is InChI=1S/C24H26N4O3/c1-16(2)23(29)25-17-8-9-21-19(14-17)20(24(30)31)15-22(26-21)28-12-10-27(11-13-28)18-6-4-3-5-7-18/h3-9,14-16H,10-13H2,1-2H3,(H,25,29)(H,30,31). The molecule has 4 rings (SSSR count). The molecule has 1 fully saturated rings. The van der Waals surface area contributed by atoms with Crippen LogP contribution < -0.4 is 15.1 Å². The SMILES string of the molecule is CC(C)C(=O)Nc1ccc2nc(N3CCN(c4ccccc4)CC3)cc(C(=O)O)c2c1. The number of para-hydroxylation sites is 1. The van der Waals surface area contributed by atoms with Crippen LogP contribution in [0.5, 0.6) is 0 Å². The van der Waals surface area contributed by atoms with Crippen LogP contribution in [0.4, 0.5) is 17.2 Å². The summed E-state index contributed by atoms with van der Waals surface area (Å²) in [6.45, 7) is 6.82. The van der Waals surface area contributed by atoms with Crippen molar-refractivity contribution in [2.45, 2.75) is 13.8 Å². The molecule has 2 heterocycles. The number of nitrogens with zero attached hydrogens (tertiary/aromatic N) is 3. The van der Waals surface area contributed by atoms with Gasteiger partial charge in [-0.25, -0.2) is 9.78 Å². The summed E-state index contributed by atoms with van der Waals surface area (Å²) in [6, 6.07) is 17.1. The average Bonchev–Trinajstić information content (AvgIpc) is 2.79. The summed E-state index contributed by atoms with van der Waals surface area (Å²) in [5, 5.41) is 13.2. The molecular formula is C24H26N4O3. The molecule has 7 heteroatoms. The monoisotopic (exact) mass is 418 g/mol. The normalized spacial score (nSPS) is 14.2. The third kappa shape index (κ3) is 4.45. The van der Waals surface area contributed by atoms with E-state index in [1.165, 1.54) is 5.69 Å². The van der Waals surface area contributed by atoms with Crippen LogP contribution in [0.25, 0.3) is 10.9 Å². The highest BCUT2D eigenvalue weighted by Gasteiger charge is 2.21. The summed E-state index contributed by atoms with van der Waals surface area (Å²) >= 11 is 0. The molecule has 0 bridgehead atoms. The van der Waals surface area contributed by atoms with Gasteiger partial charge in [-0.3, -0.25) is 4.79 Å². The predicted molar refractivity (Wildman–Crippen MR) is 123 cm³/mol. The van der Waals surface area contributed by atoms with Gasteiger partial charge in [-0.15, -0.1) is 0 Å². The van der Waals surface area contributed by atoms with E-state index in [9.17, 15) is 14.7 Å². The number of nitrogens with one attached hydrogen (secondary N) is 1. The number of anilines is 3. The third-order valence-corrected chi connectivity index (χ3v) is 5.54. The van der Waals surface area contributed by atoms with E-state index in [1.54, 1.807) is 24.3 Å². The van der Waals surface area contributed by atoms with E-state index in [-0.39, 0.29) is 17.4 Å². The highest BCUT2D eigenvalue weighted by Crippen LogP contribution is 2.27. The number of carbonyl (C=O) groups excluding carboxylic acids is 1. The van der Waals surface area contributed by atoms with Gasteiger partial charge in [0.2, 0.25) is 5.91 Å². The minimum atomic E-state index is -1.01. The first-order valence-corrected chi connectivity index (χ1v) is 10.5. The number of hydrogen-bond donors (Lipinski definition) is 2. The molecule has 0 atom stereocenters. The number of rotatable bonds is 5. The summed E-state index contributed by atoms with van der Waals surface area (Å²) in [6.07, 6.45) is 0. The molecule has 1 aromatic heterocycles. The predicted octanol–water partition coefficient (Wildman–Crippen LogP) is 3.85. The maximum atomic E-state index is 12.0. The van der Waals surface area contributed by atoms with Crippen molar-refractivity contribution in [2.24, 2.45) is 5.92 Å². The van der Waals surface area contributed by atoms with Crippen LogP contribution in [-0.4, -0.2) is 48.1 Å². The lowest BCUT2D eigenvalue weighted by Gasteiger charge is -2.37. The summed E-state index contributed by atoms with van der Waals surface area (Å²) in [5.74, 6) is -0.623. The quantitative estimate of drug-likeness (QED) is 0.655. The van der Waals surface area contributed by atoms with E-state index in [1.807, 2.05) is 32.0 Å². The van der Waals surface area contributed by atoms with E-state index in [4.69, 9.17) is 4.98 Å². The molecule has 1 aliphatic rings. The topological polar surface area (TPSA) is 85.8 Å². The lowest BCUT2D eigenvalue weighted by molar-refractivity contribution is -0.118. The van der Waals surface area contributed by atoms with Crippen molar-refractivity contribution in [3.8, 4) is 0 Å². The molecule has 7 nitrogen and oxygen atoms in total. The Labute approximate surface area is 181 Å². The molecule has 1 amide bonds. The van der Waals surface area contributed by atoms with E-state index < -0.39 is 5.97 Å². The Bertz CT molecular complexity index is 1110. The number of fused-ring (bicyclic) bond motifs is 1. The fourth-order valence-corrected chi connectivity index (χ4v) is 3.75. The lowest BCUT2D eigenvalue weighted by atomic mass is 10.1. The van der Waals surface area contributed by atoms with Crippen LogP contribution in [0, 0.1) is 5.92 Å². The van der Waals surface area contributed by atoms with Gasteiger partial charge in [-0.05, 0) is 36.4 Å². The summed E-state index contributed by atoms with van der Waals surface area (Å²) in [7, 11) is 0. The molecule has 31 heavy (non-hydrogen) atoms. The van der Waals surface area contributed by atoms with Crippen molar-refractivity contribution >= 4 is 40.0 Å². The average molecular weight is 418 g/mol. The number of piperazine rings is 1. The van der Waals surface area contributed by atoms with Crippen LogP contribution in [0.2, 0.25) is 0 Å². The van der Waals surface area contributed by atoms with Gasteiger partial charge in [0.15, 0.2) is 0 Å². The van der Waals surface area contributed by atoms with Crippen molar-refractivity contribution in [3.63, 3.8) is 0 Å². The molecule has 0 radical (unpaired) electrons. The first kappa shape index (κ1) is 20.7. The van der Waals surface area contributed by atoms with E-state index in [0.29, 0.717) is 22.4 Å². The van der Waals surface area contributed by atoms with Crippen molar-refractivity contribution in [1.29, 1.82) is 0 Å². The Morgan fingerprint density at radius 2 is 1.65 bits per heavy atom. The number of amides is 1. The maximum absolute atomic E-state index is 12.0. The zero-order valence-electron chi connectivity index (χ0n) is 17.7. The van der Waals surface area contributed by atoms with E-state index in [2.05, 4.69) is 27.2 Å². The van der Waals surface area contributed by atoms with Crippen LogP contribution >= 0.6 is 0 Å². The Balaban J connectivity index is 1.59. The highest BCUT2D eigenvalue weighted by atomic mass is 16.4. The zero-order valence-corrected chi connectivity index (χ0v) is 17.7. The molecule has 160 valence electrons. The second-order valence-corrected chi connectivity index (χ2v) is 8.02. The molecule has 2 aromatic carbocycles. The molecule has 0 saturated carbocycles.